The second-order valence-corrected chi connectivity index (χ2v) is 8.31. The summed E-state index contributed by atoms with van der Waals surface area (Å²) in [4.78, 5) is 55.5. The second-order valence-electron chi connectivity index (χ2n) is 6.66. The van der Waals surface area contributed by atoms with Crippen LogP contribution < -0.4 is 5.56 Å². The Bertz CT molecular complexity index is 1260. The van der Waals surface area contributed by atoms with Crippen molar-refractivity contribution in [1.29, 1.82) is 0 Å². The van der Waals surface area contributed by atoms with E-state index in [2.05, 4.69) is 4.98 Å². The van der Waals surface area contributed by atoms with Crippen molar-refractivity contribution in [3.63, 3.8) is 0 Å². The van der Waals surface area contributed by atoms with Gasteiger partial charge in [-0.1, -0.05) is 23.2 Å². The average Bonchev–Trinajstić information content (AvgIpc) is 3.18. The zero-order valence-electron chi connectivity index (χ0n) is 15.6. The normalized spacial score (nSPS) is 14.3. The van der Waals surface area contributed by atoms with Crippen LogP contribution in [-0.2, 0) is 16.1 Å². The number of amides is 2. The highest BCUT2D eigenvalue weighted by molar-refractivity contribution is 7.15. The number of aromatic nitrogens is 2. The highest BCUT2D eigenvalue weighted by atomic mass is 35.5. The van der Waals surface area contributed by atoms with Crippen molar-refractivity contribution in [2.45, 2.75) is 26.5 Å². The number of thiazole rings is 1. The number of aryl methyl sites for hydroxylation is 1. The highest BCUT2D eigenvalue weighted by Crippen LogP contribution is 2.32. The molecule has 2 amide bonds. The van der Waals surface area contributed by atoms with Crippen molar-refractivity contribution in [2.24, 2.45) is 0 Å². The number of halogens is 2. The smallest absolute Gasteiger partial charge is 0.329 e. The molecule has 1 aliphatic rings. The van der Waals surface area contributed by atoms with E-state index in [4.69, 9.17) is 27.9 Å². The Kier molecular flexibility index (Phi) is 5.13. The minimum absolute atomic E-state index is 0.0715. The molecule has 8 nitrogen and oxygen atoms in total. The molecule has 4 rings (SSSR count). The number of rotatable bonds is 4. The molecule has 154 valence electrons. The number of hydrogen-bond acceptors (Lipinski definition) is 7. The first kappa shape index (κ1) is 20.5. The maximum atomic E-state index is 12.6. The Morgan fingerprint density at radius 3 is 2.33 bits per heavy atom. The molecule has 0 N–H and O–H groups in total. The van der Waals surface area contributed by atoms with Gasteiger partial charge in [-0.3, -0.25) is 23.7 Å². The average molecular weight is 466 g/mol. The number of fused-ring (bicyclic) bond motifs is 2. The van der Waals surface area contributed by atoms with Gasteiger partial charge in [-0.15, -0.1) is 11.3 Å². The van der Waals surface area contributed by atoms with Gasteiger partial charge in [0, 0.05) is 17.1 Å². The molecule has 1 unspecified atom stereocenters. The summed E-state index contributed by atoms with van der Waals surface area (Å²) in [6.07, 6.45) is 0. The van der Waals surface area contributed by atoms with Gasteiger partial charge in [-0.05, 0) is 26.0 Å². The molecule has 0 saturated heterocycles. The van der Waals surface area contributed by atoms with E-state index in [1.54, 1.807) is 12.3 Å². The molecule has 11 heteroatoms. The first-order valence-corrected chi connectivity index (χ1v) is 10.3. The highest BCUT2D eigenvalue weighted by Gasteiger charge is 2.42. The molecular formula is C19H13Cl2N3O5S. The molecule has 1 atom stereocenters. The maximum Gasteiger partial charge on any atom is 0.329 e. The lowest BCUT2D eigenvalue weighted by atomic mass is 10.1. The monoisotopic (exact) mass is 465 g/mol. The van der Waals surface area contributed by atoms with Crippen molar-refractivity contribution in [3.05, 3.63) is 66.5 Å². The minimum atomic E-state index is -1.19. The van der Waals surface area contributed by atoms with E-state index in [1.807, 2.05) is 0 Å². The third-order valence-corrected chi connectivity index (χ3v) is 6.34. The number of benzene rings is 1. The van der Waals surface area contributed by atoms with Crippen molar-refractivity contribution in [3.8, 4) is 0 Å². The Hall–Kier alpha value is -2.75. The van der Waals surface area contributed by atoms with E-state index in [0.717, 1.165) is 10.6 Å². The minimum Gasteiger partial charge on any atom is -0.458 e. The van der Waals surface area contributed by atoms with Crippen molar-refractivity contribution >= 4 is 57.3 Å². The molecule has 3 heterocycles. The van der Waals surface area contributed by atoms with Crippen LogP contribution in [0.5, 0.6) is 0 Å². The molecule has 1 aliphatic heterocycles. The van der Waals surface area contributed by atoms with Gasteiger partial charge in [-0.25, -0.2) is 9.78 Å². The lowest BCUT2D eigenvalue weighted by Crippen LogP contribution is -2.43. The Balaban J connectivity index is 1.51. The van der Waals surface area contributed by atoms with Gasteiger partial charge in [0.1, 0.15) is 12.6 Å². The van der Waals surface area contributed by atoms with Crippen LogP contribution in [0.3, 0.4) is 0 Å². The third-order valence-electron chi connectivity index (χ3n) is 4.68. The van der Waals surface area contributed by atoms with Crippen LogP contribution in [-0.4, -0.2) is 38.1 Å². The van der Waals surface area contributed by atoms with Crippen LogP contribution in [0.1, 0.15) is 39.0 Å². The van der Waals surface area contributed by atoms with E-state index in [0.29, 0.717) is 4.96 Å². The quantitative estimate of drug-likeness (QED) is 0.433. The fraction of sp³-hybridized carbons (Fsp3) is 0.211. The summed E-state index contributed by atoms with van der Waals surface area (Å²) >= 11 is 13.2. The van der Waals surface area contributed by atoms with E-state index < -0.39 is 23.8 Å². The fourth-order valence-electron chi connectivity index (χ4n) is 3.15. The molecule has 0 aliphatic carbocycles. The van der Waals surface area contributed by atoms with Gasteiger partial charge in [0.2, 0.25) is 0 Å². The predicted octanol–water partition coefficient (Wildman–Crippen LogP) is 3.10. The van der Waals surface area contributed by atoms with E-state index >= 15 is 0 Å². The van der Waals surface area contributed by atoms with Crippen LogP contribution in [0.4, 0.5) is 0 Å². The Labute approximate surface area is 183 Å². The molecular weight excluding hydrogens is 453 g/mol. The Morgan fingerprint density at radius 1 is 1.13 bits per heavy atom. The summed E-state index contributed by atoms with van der Waals surface area (Å²) in [5, 5.41) is 2.05. The summed E-state index contributed by atoms with van der Waals surface area (Å²) in [6, 6.07) is 2.68. The number of esters is 1. The van der Waals surface area contributed by atoms with Gasteiger partial charge < -0.3 is 4.74 Å². The number of nitrogens with zero attached hydrogens (tertiary/aromatic N) is 3. The predicted molar refractivity (Wildman–Crippen MR) is 110 cm³/mol. The third kappa shape index (κ3) is 3.28. The zero-order valence-corrected chi connectivity index (χ0v) is 18.0. The lowest BCUT2D eigenvalue weighted by Gasteiger charge is -2.20. The van der Waals surface area contributed by atoms with Crippen LogP contribution in [0.2, 0.25) is 10.0 Å². The maximum absolute atomic E-state index is 12.6. The van der Waals surface area contributed by atoms with Gasteiger partial charge >= 0.3 is 5.97 Å². The number of imide groups is 1. The molecule has 30 heavy (non-hydrogen) atoms. The van der Waals surface area contributed by atoms with Crippen LogP contribution in [0, 0.1) is 6.92 Å². The van der Waals surface area contributed by atoms with Gasteiger partial charge in [0.05, 0.1) is 26.9 Å². The van der Waals surface area contributed by atoms with E-state index in [9.17, 15) is 19.2 Å². The number of hydrogen-bond donors (Lipinski definition) is 0. The second kappa shape index (κ2) is 7.50. The summed E-state index contributed by atoms with van der Waals surface area (Å²) in [7, 11) is 0. The van der Waals surface area contributed by atoms with Gasteiger partial charge in [-0.2, -0.15) is 0 Å². The standard InChI is InChI=1S/C19H13Cl2N3O5S/c1-8-7-30-19-22-10(3-15(25)23(8)19)6-29-18(28)9(2)24-16(26)11-4-13(20)14(21)5-12(11)17(24)27/h3-5,7,9H,6H2,1-2H3. The number of carbonyl (C=O) groups is 3. The number of carbonyl (C=O) groups excluding carboxylic acids is 3. The fourth-order valence-corrected chi connectivity index (χ4v) is 4.37. The first-order chi connectivity index (χ1) is 14.2. The van der Waals surface area contributed by atoms with Crippen molar-refractivity contribution in [1.82, 2.24) is 14.3 Å². The number of ether oxygens (including phenoxy) is 1. The first-order valence-electron chi connectivity index (χ1n) is 8.69. The summed E-state index contributed by atoms with van der Waals surface area (Å²) in [5.41, 5.74) is 0.885. The molecule has 0 radical (unpaired) electrons. The molecule has 0 bridgehead atoms. The van der Waals surface area contributed by atoms with Crippen molar-refractivity contribution in [2.75, 3.05) is 0 Å². The molecule has 1 aromatic carbocycles. The van der Waals surface area contributed by atoms with Crippen molar-refractivity contribution < 1.29 is 19.1 Å². The van der Waals surface area contributed by atoms with E-state index in [-0.39, 0.29) is 39.0 Å². The molecule has 3 aromatic rings. The molecule has 0 saturated carbocycles. The van der Waals surface area contributed by atoms with Crippen LogP contribution in [0.25, 0.3) is 4.96 Å². The largest absolute Gasteiger partial charge is 0.458 e. The summed E-state index contributed by atoms with van der Waals surface area (Å²) in [6.45, 7) is 2.89. The van der Waals surface area contributed by atoms with Gasteiger partial charge in [0.15, 0.2) is 4.96 Å². The zero-order chi connectivity index (χ0) is 21.7. The lowest BCUT2D eigenvalue weighted by molar-refractivity contribution is -0.149. The SMILES string of the molecule is Cc1csc2nc(COC(=O)C(C)N3C(=O)c4cc(Cl)c(Cl)cc4C3=O)cc(=O)n12. The van der Waals surface area contributed by atoms with Crippen LogP contribution in [0.15, 0.2) is 28.4 Å². The topological polar surface area (TPSA) is 98.0 Å². The summed E-state index contributed by atoms with van der Waals surface area (Å²) < 4.78 is 6.66. The Morgan fingerprint density at radius 2 is 1.73 bits per heavy atom. The molecule has 0 spiro atoms. The van der Waals surface area contributed by atoms with E-state index in [1.165, 1.54) is 40.9 Å². The molecule has 2 aromatic heterocycles. The van der Waals surface area contributed by atoms with Crippen LogP contribution >= 0.6 is 34.5 Å². The van der Waals surface area contributed by atoms with Gasteiger partial charge in [0.25, 0.3) is 17.4 Å². The molecule has 0 fully saturated rings. The summed E-state index contributed by atoms with van der Waals surface area (Å²) in [5.74, 6) is -2.14.